The summed E-state index contributed by atoms with van der Waals surface area (Å²) >= 11 is 0. The van der Waals surface area contributed by atoms with Crippen molar-refractivity contribution in [1.29, 1.82) is 0 Å². The van der Waals surface area contributed by atoms with Crippen LogP contribution in [0.3, 0.4) is 0 Å². The normalized spacial score (nSPS) is 12.5. The first-order valence-corrected chi connectivity index (χ1v) is 14.7. The zero-order chi connectivity index (χ0) is 27.0. The van der Waals surface area contributed by atoms with Crippen LogP contribution in [0.25, 0.3) is 0 Å². The van der Waals surface area contributed by atoms with Crippen LogP contribution >= 0.6 is 0 Å². The molecule has 1 unspecified atom stereocenters. The van der Waals surface area contributed by atoms with E-state index in [1.54, 1.807) is 7.11 Å². The fraction of sp³-hybridized carbons (Fsp3) is 0.471. The molecule has 0 fully saturated rings. The molecule has 0 saturated carbocycles. The molecule has 0 N–H and O–H groups in total. The Kier molecular flexibility index (Phi) is 13.7. The van der Waals surface area contributed by atoms with Gasteiger partial charge in [-0.15, -0.1) is 0 Å². The third kappa shape index (κ3) is 8.87. The predicted molar refractivity (Wildman–Crippen MR) is 166 cm³/mol. The van der Waals surface area contributed by atoms with Gasteiger partial charge in [-0.1, -0.05) is 136 Å². The Labute approximate surface area is 228 Å². The summed E-state index contributed by atoms with van der Waals surface area (Å²) in [6, 6.07) is 33.6. The van der Waals surface area contributed by atoms with Crippen LogP contribution < -0.4 is 16.4 Å². The van der Waals surface area contributed by atoms with Crippen molar-refractivity contribution in [3.8, 4) is 0 Å². The van der Waals surface area contributed by atoms with Gasteiger partial charge in [-0.25, -0.2) is 0 Å². The molecule has 37 heavy (non-hydrogen) atoms. The lowest BCUT2D eigenvalue weighted by Crippen LogP contribution is -2.67. The minimum atomic E-state index is -0.981. The highest BCUT2D eigenvalue weighted by molar-refractivity contribution is 7.11. The van der Waals surface area contributed by atoms with E-state index in [9.17, 15) is 0 Å². The number of ether oxygens (including phenoxy) is 1. The summed E-state index contributed by atoms with van der Waals surface area (Å²) in [7, 11) is 4.02. The highest BCUT2D eigenvalue weighted by Gasteiger charge is 2.31. The van der Waals surface area contributed by atoms with Crippen LogP contribution in [0.5, 0.6) is 0 Å². The number of quaternary nitrogens is 1. The standard InChI is InChI=1S/C26H32B.C8H20NO/c1-3-5-15-23(4-2)22-27(24-16-9-6-10-17-24,25-18-11-7-12-19-25)26-20-13-8-14-21-26;1-5-9(3,6-2)7-8-10-4/h6-14,16-21,23H,3-5,15,22H2,1-2H3;5-8H2,1-4H3/q-1;+1. The second kappa shape index (κ2) is 16.5. The number of hydrogen-bond acceptors (Lipinski definition) is 1. The number of hydrogen-bond donors (Lipinski definition) is 0. The van der Waals surface area contributed by atoms with Crippen LogP contribution in [-0.4, -0.2) is 51.0 Å². The Hall–Kier alpha value is -2.36. The van der Waals surface area contributed by atoms with Crippen LogP contribution in [0.2, 0.25) is 6.32 Å². The summed E-state index contributed by atoms with van der Waals surface area (Å²) in [6.45, 7) is 13.5. The van der Waals surface area contributed by atoms with Crippen molar-refractivity contribution < 1.29 is 9.22 Å². The monoisotopic (exact) mass is 501 g/mol. The number of benzene rings is 3. The van der Waals surface area contributed by atoms with Gasteiger partial charge in [0, 0.05) is 7.11 Å². The molecular weight excluding hydrogens is 449 g/mol. The minimum absolute atomic E-state index is 0.741. The molecule has 0 heterocycles. The van der Waals surface area contributed by atoms with Gasteiger partial charge in [0.05, 0.1) is 32.9 Å². The molecule has 0 aliphatic heterocycles. The van der Waals surface area contributed by atoms with Crippen molar-refractivity contribution in [2.45, 2.75) is 59.7 Å². The summed E-state index contributed by atoms with van der Waals surface area (Å²) < 4.78 is 6.14. The van der Waals surface area contributed by atoms with Gasteiger partial charge in [0.15, 0.2) is 0 Å². The van der Waals surface area contributed by atoms with E-state index < -0.39 is 6.15 Å². The Bertz CT molecular complexity index is 860. The van der Waals surface area contributed by atoms with Gasteiger partial charge < -0.3 is 9.22 Å². The van der Waals surface area contributed by atoms with Gasteiger partial charge in [-0.3, -0.25) is 0 Å². The molecule has 1 atom stereocenters. The first kappa shape index (κ1) is 30.9. The van der Waals surface area contributed by atoms with Gasteiger partial charge in [0.25, 0.3) is 0 Å². The summed E-state index contributed by atoms with van der Waals surface area (Å²) in [6.07, 6.45) is 5.40. The van der Waals surface area contributed by atoms with Crippen LogP contribution in [0, 0.1) is 5.92 Å². The summed E-state index contributed by atoms with van der Waals surface area (Å²) in [5.74, 6) is 0.741. The highest BCUT2D eigenvalue weighted by atomic mass is 16.5. The van der Waals surface area contributed by atoms with E-state index in [1.807, 2.05) is 0 Å². The number of rotatable bonds is 14. The number of methoxy groups -OCH3 is 1. The van der Waals surface area contributed by atoms with Crippen molar-refractivity contribution in [3.63, 3.8) is 0 Å². The molecule has 3 aromatic rings. The Morgan fingerprint density at radius 1 is 0.703 bits per heavy atom. The van der Waals surface area contributed by atoms with E-state index in [2.05, 4.69) is 126 Å². The average molecular weight is 502 g/mol. The van der Waals surface area contributed by atoms with Gasteiger partial charge in [0.1, 0.15) is 6.54 Å². The zero-order valence-corrected chi connectivity index (χ0v) is 24.5. The smallest absolute Gasteiger partial charge is 0.102 e. The van der Waals surface area contributed by atoms with Crippen molar-refractivity contribution in [3.05, 3.63) is 91.0 Å². The SMILES string of the molecule is CCCCC(CC)C[B-](c1ccccc1)(c1ccccc1)c1ccccc1.CC[N+](C)(CC)CCOC. The molecule has 0 radical (unpaired) electrons. The minimum Gasteiger partial charge on any atom is -0.379 e. The third-order valence-electron chi connectivity index (χ3n) is 8.70. The maximum Gasteiger partial charge on any atom is 0.102 e. The van der Waals surface area contributed by atoms with Crippen molar-refractivity contribution >= 4 is 22.5 Å². The van der Waals surface area contributed by atoms with Crippen LogP contribution in [-0.2, 0) is 4.74 Å². The molecule has 3 aromatic carbocycles. The molecule has 0 aromatic heterocycles. The van der Waals surface area contributed by atoms with E-state index >= 15 is 0 Å². The summed E-state index contributed by atoms with van der Waals surface area (Å²) in [4.78, 5) is 0. The Balaban J connectivity index is 0.000000410. The second-order valence-electron chi connectivity index (χ2n) is 10.9. The highest BCUT2D eigenvalue weighted by Crippen LogP contribution is 2.25. The number of likely N-dealkylation sites (N-methyl/N-ethyl adjacent to an activating group) is 1. The lowest BCUT2D eigenvalue weighted by molar-refractivity contribution is -0.906. The van der Waals surface area contributed by atoms with Gasteiger partial charge >= 0.3 is 0 Å². The molecule has 0 aliphatic rings. The van der Waals surface area contributed by atoms with E-state index in [0.717, 1.165) is 23.6 Å². The summed E-state index contributed by atoms with van der Waals surface area (Å²) in [5, 5.41) is 0. The zero-order valence-electron chi connectivity index (χ0n) is 24.5. The number of nitrogens with zero attached hydrogens (tertiary/aromatic N) is 1. The van der Waals surface area contributed by atoms with Crippen LogP contribution in [0.15, 0.2) is 91.0 Å². The Morgan fingerprint density at radius 3 is 1.46 bits per heavy atom. The fourth-order valence-electron chi connectivity index (χ4n) is 5.66. The van der Waals surface area contributed by atoms with E-state index in [1.165, 1.54) is 61.5 Å². The maximum atomic E-state index is 5.03. The molecule has 3 rings (SSSR count). The molecule has 0 bridgehead atoms. The molecule has 3 heteroatoms. The first-order chi connectivity index (χ1) is 18.0. The van der Waals surface area contributed by atoms with E-state index in [0.29, 0.717) is 0 Å². The van der Waals surface area contributed by atoms with Crippen LogP contribution in [0.4, 0.5) is 0 Å². The quantitative estimate of drug-likeness (QED) is 0.181. The second-order valence-corrected chi connectivity index (χ2v) is 10.9. The molecule has 0 aliphatic carbocycles. The van der Waals surface area contributed by atoms with Crippen molar-refractivity contribution in [1.82, 2.24) is 0 Å². The molecule has 2 nitrogen and oxygen atoms in total. The lowest BCUT2D eigenvalue weighted by Gasteiger charge is -2.45. The average Bonchev–Trinajstić information content (AvgIpc) is 2.98. The first-order valence-electron chi connectivity index (χ1n) is 14.7. The lowest BCUT2D eigenvalue weighted by atomic mass is 9.13. The predicted octanol–water partition coefficient (Wildman–Crippen LogP) is 6.49. The molecular formula is C34H52BNO. The van der Waals surface area contributed by atoms with E-state index in [-0.39, 0.29) is 0 Å². The van der Waals surface area contributed by atoms with Gasteiger partial charge in [0.2, 0.25) is 0 Å². The largest absolute Gasteiger partial charge is 0.379 e. The maximum absolute atomic E-state index is 5.03. The summed E-state index contributed by atoms with van der Waals surface area (Å²) in [5.41, 5.74) is 4.39. The molecule has 202 valence electrons. The van der Waals surface area contributed by atoms with Crippen molar-refractivity contribution in [2.24, 2.45) is 5.92 Å². The van der Waals surface area contributed by atoms with Gasteiger partial charge in [-0.05, 0) is 13.8 Å². The van der Waals surface area contributed by atoms with Gasteiger partial charge in [-0.2, -0.15) is 22.7 Å². The molecule has 0 saturated heterocycles. The van der Waals surface area contributed by atoms with Crippen molar-refractivity contribution in [2.75, 3.05) is 40.4 Å². The number of unbranched alkanes of at least 4 members (excludes halogenated alkanes) is 1. The fourth-order valence-corrected chi connectivity index (χ4v) is 5.66. The topological polar surface area (TPSA) is 9.23 Å². The Morgan fingerprint density at radius 2 is 1.14 bits per heavy atom. The molecule has 0 amide bonds. The third-order valence-corrected chi connectivity index (χ3v) is 8.70. The van der Waals surface area contributed by atoms with Crippen LogP contribution in [0.1, 0.15) is 53.4 Å². The molecule has 0 spiro atoms. The van der Waals surface area contributed by atoms with E-state index in [4.69, 9.17) is 4.74 Å².